The van der Waals surface area contributed by atoms with Gasteiger partial charge in [-0.3, -0.25) is 4.79 Å². The Balaban J connectivity index is 2.55. The van der Waals surface area contributed by atoms with Crippen LogP contribution in [0.3, 0.4) is 0 Å². The predicted molar refractivity (Wildman–Crippen MR) is 72.0 cm³/mol. The fourth-order valence-corrected chi connectivity index (χ4v) is 1.92. The van der Waals surface area contributed by atoms with Gasteiger partial charge in [0.25, 0.3) is 0 Å². The lowest BCUT2D eigenvalue weighted by Crippen LogP contribution is -2.19. The maximum atomic E-state index is 11.2. The third kappa shape index (κ3) is 5.52. The molecule has 0 spiro atoms. The highest BCUT2D eigenvalue weighted by atomic mass is 35.5. The summed E-state index contributed by atoms with van der Waals surface area (Å²) in [7, 11) is 0. The Morgan fingerprint density at radius 1 is 1.44 bits per heavy atom. The van der Waals surface area contributed by atoms with Gasteiger partial charge in [-0.05, 0) is 44.4 Å². The van der Waals surface area contributed by atoms with Gasteiger partial charge >= 0.3 is 5.97 Å². The van der Waals surface area contributed by atoms with Gasteiger partial charge in [0.1, 0.15) is 0 Å². The first-order valence-electron chi connectivity index (χ1n) is 6.08. The largest absolute Gasteiger partial charge is 0.481 e. The van der Waals surface area contributed by atoms with Crippen LogP contribution in [-0.4, -0.2) is 23.8 Å². The molecular formula is C14H19ClO3. The van der Waals surface area contributed by atoms with Crippen molar-refractivity contribution in [2.24, 2.45) is 5.92 Å². The number of carbonyl (C=O) groups is 1. The maximum Gasteiger partial charge on any atom is 0.306 e. The van der Waals surface area contributed by atoms with Gasteiger partial charge in [0.15, 0.2) is 0 Å². The highest BCUT2D eigenvalue weighted by Crippen LogP contribution is 2.17. The summed E-state index contributed by atoms with van der Waals surface area (Å²) in [6.07, 6.45) is 1.13. The number of carboxylic acids is 1. The second-order valence-corrected chi connectivity index (χ2v) is 5.01. The molecule has 0 saturated carbocycles. The Morgan fingerprint density at radius 3 is 2.72 bits per heavy atom. The zero-order valence-electron chi connectivity index (χ0n) is 10.7. The van der Waals surface area contributed by atoms with Crippen molar-refractivity contribution in [3.8, 4) is 0 Å². The number of carboxylic acid groups (broad SMARTS) is 1. The minimum absolute atomic E-state index is 0.130. The van der Waals surface area contributed by atoms with E-state index in [-0.39, 0.29) is 6.10 Å². The zero-order valence-corrected chi connectivity index (χ0v) is 11.5. The SMILES string of the molecule is CC(C)OCCC(Cc1cccc(Cl)c1)C(=O)O. The Hall–Kier alpha value is -1.06. The molecular weight excluding hydrogens is 252 g/mol. The van der Waals surface area contributed by atoms with Crippen molar-refractivity contribution in [1.82, 2.24) is 0 Å². The lowest BCUT2D eigenvalue weighted by atomic mass is 9.97. The van der Waals surface area contributed by atoms with Crippen molar-refractivity contribution in [3.05, 3.63) is 34.9 Å². The van der Waals surface area contributed by atoms with Crippen LogP contribution in [0, 0.1) is 5.92 Å². The Kier molecular flexibility index (Phi) is 6.16. The molecule has 0 aliphatic heterocycles. The zero-order chi connectivity index (χ0) is 13.5. The van der Waals surface area contributed by atoms with Gasteiger partial charge in [0.2, 0.25) is 0 Å². The average Bonchev–Trinajstić information content (AvgIpc) is 2.27. The fraction of sp³-hybridized carbons (Fsp3) is 0.500. The predicted octanol–water partition coefficient (Wildman–Crippen LogP) is 3.40. The Morgan fingerprint density at radius 2 is 2.17 bits per heavy atom. The van der Waals surface area contributed by atoms with Crippen molar-refractivity contribution in [1.29, 1.82) is 0 Å². The van der Waals surface area contributed by atoms with Gasteiger partial charge in [-0.2, -0.15) is 0 Å². The number of aliphatic carboxylic acids is 1. The molecule has 1 rings (SSSR count). The van der Waals surface area contributed by atoms with Gasteiger partial charge in [-0.1, -0.05) is 23.7 Å². The third-order valence-electron chi connectivity index (χ3n) is 2.64. The molecule has 0 bridgehead atoms. The molecule has 1 aromatic carbocycles. The lowest BCUT2D eigenvalue weighted by molar-refractivity contribution is -0.142. The van der Waals surface area contributed by atoms with Crippen molar-refractivity contribution in [3.63, 3.8) is 0 Å². The normalized spacial score (nSPS) is 12.7. The smallest absolute Gasteiger partial charge is 0.306 e. The molecule has 0 heterocycles. The number of hydrogen-bond donors (Lipinski definition) is 1. The average molecular weight is 271 g/mol. The third-order valence-corrected chi connectivity index (χ3v) is 2.87. The second kappa shape index (κ2) is 7.39. The van der Waals surface area contributed by atoms with Crippen LogP contribution in [0.1, 0.15) is 25.8 Å². The van der Waals surface area contributed by atoms with E-state index >= 15 is 0 Å². The van der Waals surface area contributed by atoms with E-state index < -0.39 is 11.9 Å². The highest BCUT2D eigenvalue weighted by Gasteiger charge is 2.18. The molecule has 0 saturated heterocycles. The van der Waals surface area contributed by atoms with Crippen LogP contribution < -0.4 is 0 Å². The summed E-state index contributed by atoms with van der Waals surface area (Å²) in [4.78, 5) is 11.2. The first-order valence-corrected chi connectivity index (χ1v) is 6.45. The standard InChI is InChI=1S/C14H19ClO3/c1-10(2)18-7-6-12(14(16)17)8-11-4-3-5-13(15)9-11/h3-5,9-10,12H,6-8H2,1-2H3,(H,16,17). The monoisotopic (exact) mass is 270 g/mol. The molecule has 0 amide bonds. The van der Waals surface area contributed by atoms with E-state index in [9.17, 15) is 9.90 Å². The van der Waals surface area contributed by atoms with Crippen LogP contribution in [0.2, 0.25) is 5.02 Å². The van der Waals surface area contributed by atoms with Gasteiger partial charge in [-0.15, -0.1) is 0 Å². The minimum atomic E-state index is -0.790. The topological polar surface area (TPSA) is 46.5 Å². The summed E-state index contributed by atoms with van der Waals surface area (Å²) in [5, 5.41) is 9.81. The molecule has 0 fully saturated rings. The molecule has 1 atom stereocenters. The van der Waals surface area contributed by atoms with E-state index in [4.69, 9.17) is 16.3 Å². The van der Waals surface area contributed by atoms with Gasteiger partial charge < -0.3 is 9.84 Å². The summed E-state index contributed by atoms with van der Waals surface area (Å²) < 4.78 is 5.39. The number of benzene rings is 1. The molecule has 100 valence electrons. The molecule has 3 nitrogen and oxygen atoms in total. The lowest BCUT2D eigenvalue weighted by Gasteiger charge is -2.14. The highest BCUT2D eigenvalue weighted by molar-refractivity contribution is 6.30. The van der Waals surface area contributed by atoms with Gasteiger partial charge in [0, 0.05) is 11.6 Å². The Bertz CT molecular complexity index is 390. The minimum Gasteiger partial charge on any atom is -0.481 e. The summed E-state index contributed by atoms with van der Waals surface area (Å²) in [6.45, 7) is 4.34. The molecule has 0 radical (unpaired) electrons. The molecule has 1 N–H and O–H groups in total. The number of halogens is 1. The summed E-state index contributed by atoms with van der Waals surface area (Å²) >= 11 is 5.88. The van der Waals surface area contributed by atoms with Crippen LogP contribution in [0.15, 0.2) is 24.3 Å². The maximum absolute atomic E-state index is 11.2. The van der Waals surface area contributed by atoms with Crippen LogP contribution in [0.5, 0.6) is 0 Å². The van der Waals surface area contributed by atoms with Crippen molar-refractivity contribution < 1.29 is 14.6 Å². The van der Waals surface area contributed by atoms with Gasteiger partial charge in [0.05, 0.1) is 12.0 Å². The van der Waals surface area contributed by atoms with Gasteiger partial charge in [-0.25, -0.2) is 0 Å². The van der Waals surface area contributed by atoms with E-state index in [1.165, 1.54) is 0 Å². The molecule has 0 aliphatic rings. The van der Waals surface area contributed by atoms with Crippen molar-refractivity contribution in [2.75, 3.05) is 6.61 Å². The molecule has 1 unspecified atom stereocenters. The Labute approximate surface area is 113 Å². The van der Waals surface area contributed by atoms with E-state index in [2.05, 4.69) is 0 Å². The summed E-state index contributed by atoms with van der Waals surface area (Å²) in [5.41, 5.74) is 0.944. The van der Waals surface area contributed by atoms with Crippen LogP contribution in [0.25, 0.3) is 0 Å². The quantitative estimate of drug-likeness (QED) is 0.826. The molecule has 18 heavy (non-hydrogen) atoms. The first kappa shape index (κ1) is 15.0. The van der Waals surface area contributed by atoms with E-state index in [0.29, 0.717) is 24.5 Å². The van der Waals surface area contributed by atoms with Crippen LogP contribution in [-0.2, 0) is 16.0 Å². The van der Waals surface area contributed by atoms with E-state index in [1.54, 1.807) is 12.1 Å². The van der Waals surface area contributed by atoms with E-state index in [0.717, 1.165) is 5.56 Å². The van der Waals surface area contributed by atoms with Crippen molar-refractivity contribution in [2.45, 2.75) is 32.8 Å². The molecule has 1 aromatic rings. The van der Waals surface area contributed by atoms with E-state index in [1.807, 2.05) is 26.0 Å². The molecule has 0 aromatic heterocycles. The molecule has 0 aliphatic carbocycles. The number of ether oxygens (including phenoxy) is 1. The van der Waals surface area contributed by atoms with Crippen molar-refractivity contribution >= 4 is 17.6 Å². The number of hydrogen-bond acceptors (Lipinski definition) is 2. The van der Waals surface area contributed by atoms with Crippen LogP contribution >= 0.6 is 11.6 Å². The first-order chi connectivity index (χ1) is 8.49. The fourth-order valence-electron chi connectivity index (χ4n) is 1.71. The summed E-state index contributed by atoms with van der Waals surface area (Å²) in [5.74, 6) is -1.22. The molecule has 4 heteroatoms. The number of rotatable bonds is 7. The van der Waals surface area contributed by atoms with Crippen LogP contribution in [0.4, 0.5) is 0 Å². The summed E-state index contributed by atoms with van der Waals surface area (Å²) in [6, 6.07) is 7.32. The second-order valence-electron chi connectivity index (χ2n) is 4.58.